The maximum atomic E-state index is 4.80. The van der Waals surface area contributed by atoms with Crippen LogP contribution in [0.3, 0.4) is 0 Å². The first-order valence-corrected chi connectivity index (χ1v) is 6.91. The average molecular weight is 250 g/mol. The van der Waals surface area contributed by atoms with Gasteiger partial charge in [0.1, 0.15) is 5.65 Å². The number of pyridine rings is 1. The van der Waals surface area contributed by atoms with E-state index in [1.807, 2.05) is 12.1 Å². The lowest BCUT2D eigenvalue weighted by Crippen LogP contribution is -1.94. The molecule has 0 atom stereocenters. The van der Waals surface area contributed by atoms with Crippen molar-refractivity contribution in [3.63, 3.8) is 0 Å². The van der Waals surface area contributed by atoms with Crippen LogP contribution in [0.5, 0.6) is 0 Å². The molecule has 0 aliphatic rings. The van der Waals surface area contributed by atoms with E-state index < -0.39 is 0 Å². The van der Waals surface area contributed by atoms with Gasteiger partial charge in [-0.2, -0.15) is 0 Å². The molecule has 3 aromatic rings. The molecule has 2 nitrogen and oxygen atoms in total. The van der Waals surface area contributed by atoms with Gasteiger partial charge in [-0.25, -0.2) is 4.98 Å². The minimum atomic E-state index is 1.03. The monoisotopic (exact) mass is 250 g/mol. The maximum Gasteiger partial charge on any atom is 0.137 e. The molecular weight excluding hydrogens is 232 g/mol. The number of rotatable bonds is 4. The van der Waals surface area contributed by atoms with Crippen molar-refractivity contribution in [3.8, 4) is 11.3 Å². The summed E-state index contributed by atoms with van der Waals surface area (Å²) in [5, 5.41) is 0. The predicted molar refractivity (Wildman–Crippen MR) is 79.2 cm³/mol. The molecule has 0 bridgehead atoms. The lowest BCUT2D eigenvalue weighted by atomic mass is 10.1. The number of imidazole rings is 1. The first kappa shape index (κ1) is 12.0. The van der Waals surface area contributed by atoms with Crippen LogP contribution < -0.4 is 0 Å². The summed E-state index contributed by atoms with van der Waals surface area (Å²) in [4.78, 5) is 4.80. The SMILES string of the molecule is CCCCc1c(-c2ccccc2)nc2ccccn12. The smallest absolute Gasteiger partial charge is 0.137 e. The molecule has 0 saturated carbocycles. The number of fused-ring (bicyclic) bond motifs is 1. The van der Waals surface area contributed by atoms with E-state index >= 15 is 0 Å². The summed E-state index contributed by atoms with van der Waals surface area (Å²) in [5.41, 5.74) is 4.69. The lowest BCUT2D eigenvalue weighted by molar-refractivity contribution is 0.772. The van der Waals surface area contributed by atoms with Gasteiger partial charge in [0.2, 0.25) is 0 Å². The largest absolute Gasteiger partial charge is 0.303 e. The average Bonchev–Trinajstić information content (AvgIpc) is 2.85. The van der Waals surface area contributed by atoms with Crippen molar-refractivity contribution in [2.75, 3.05) is 0 Å². The van der Waals surface area contributed by atoms with Gasteiger partial charge in [-0.05, 0) is 25.0 Å². The van der Waals surface area contributed by atoms with Crippen molar-refractivity contribution in [2.24, 2.45) is 0 Å². The number of benzene rings is 1. The van der Waals surface area contributed by atoms with Gasteiger partial charge in [0.05, 0.1) is 11.4 Å². The summed E-state index contributed by atoms with van der Waals surface area (Å²) in [6, 6.07) is 16.6. The molecule has 0 aliphatic carbocycles. The normalized spacial score (nSPS) is 11.0. The molecule has 3 rings (SSSR count). The van der Waals surface area contributed by atoms with Crippen LogP contribution >= 0.6 is 0 Å². The fraction of sp³-hybridized carbons (Fsp3) is 0.235. The molecule has 0 radical (unpaired) electrons. The molecule has 2 aromatic heterocycles. The summed E-state index contributed by atoms with van der Waals surface area (Å²) in [6.07, 6.45) is 5.59. The highest BCUT2D eigenvalue weighted by Crippen LogP contribution is 2.25. The third kappa shape index (κ3) is 2.26. The molecule has 0 amide bonds. The van der Waals surface area contributed by atoms with E-state index in [1.165, 1.54) is 24.1 Å². The van der Waals surface area contributed by atoms with Crippen LogP contribution in [0.2, 0.25) is 0 Å². The number of aryl methyl sites for hydroxylation is 1. The van der Waals surface area contributed by atoms with Crippen LogP contribution in [0, 0.1) is 0 Å². The van der Waals surface area contributed by atoms with Gasteiger partial charge >= 0.3 is 0 Å². The number of hydrogen-bond donors (Lipinski definition) is 0. The van der Waals surface area contributed by atoms with Crippen LogP contribution in [-0.2, 0) is 6.42 Å². The quantitative estimate of drug-likeness (QED) is 0.673. The fourth-order valence-electron chi connectivity index (χ4n) is 2.46. The van der Waals surface area contributed by atoms with Gasteiger partial charge in [-0.3, -0.25) is 0 Å². The highest BCUT2D eigenvalue weighted by atomic mass is 15.0. The molecule has 2 heterocycles. The minimum absolute atomic E-state index is 1.03. The first-order chi connectivity index (χ1) is 9.40. The zero-order valence-corrected chi connectivity index (χ0v) is 11.2. The minimum Gasteiger partial charge on any atom is -0.303 e. The van der Waals surface area contributed by atoms with E-state index in [-0.39, 0.29) is 0 Å². The second-order valence-electron chi connectivity index (χ2n) is 4.81. The van der Waals surface area contributed by atoms with Crippen molar-refractivity contribution < 1.29 is 0 Å². The number of nitrogens with zero attached hydrogens (tertiary/aromatic N) is 2. The van der Waals surface area contributed by atoms with Crippen LogP contribution in [0.25, 0.3) is 16.9 Å². The molecule has 0 saturated heterocycles. The number of unbranched alkanes of at least 4 members (excludes halogenated alkanes) is 1. The standard InChI is InChI=1S/C17H18N2/c1-2-3-11-15-17(14-9-5-4-6-10-14)18-16-12-7-8-13-19(15)16/h4-10,12-13H,2-3,11H2,1H3. The second kappa shape index (κ2) is 5.27. The Labute approximate surface area is 113 Å². The summed E-state index contributed by atoms with van der Waals surface area (Å²) < 4.78 is 2.22. The van der Waals surface area contributed by atoms with Crippen LogP contribution in [0.4, 0.5) is 0 Å². The fourth-order valence-corrected chi connectivity index (χ4v) is 2.46. The number of hydrogen-bond acceptors (Lipinski definition) is 1. The van der Waals surface area contributed by atoms with Crippen molar-refractivity contribution in [3.05, 3.63) is 60.4 Å². The molecule has 0 fully saturated rings. The zero-order chi connectivity index (χ0) is 13.1. The summed E-state index contributed by atoms with van der Waals surface area (Å²) in [6.45, 7) is 2.23. The van der Waals surface area contributed by atoms with Crippen molar-refractivity contribution >= 4 is 5.65 Å². The van der Waals surface area contributed by atoms with E-state index in [0.717, 1.165) is 17.8 Å². The molecule has 0 unspecified atom stereocenters. The van der Waals surface area contributed by atoms with E-state index in [0.29, 0.717) is 0 Å². The van der Waals surface area contributed by atoms with Crippen molar-refractivity contribution in [2.45, 2.75) is 26.2 Å². The third-order valence-electron chi connectivity index (χ3n) is 3.44. The second-order valence-corrected chi connectivity index (χ2v) is 4.81. The topological polar surface area (TPSA) is 17.3 Å². The Hall–Kier alpha value is -2.09. The van der Waals surface area contributed by atoms with Gasteiger partial charge in [0, 0.05) is 11.8 Å². The Morgan fingerprint density at radius 1 is 1.00 bits per heavy atom. The Bertz CT molecular complexity index is 668. The van der Waals surface area contributed by atoms with Crippen molar-refractivity contribution in [1.29, 1.82) is 0 Å². The zero-order valence-electron chi connectivity index (χ0n) is 11.2. The Morgan fingerprint density at radius 3 is 2.58 bits per heavy atom. The third-order valence-corrected chi connectivity index (χ3v) is 3.44. The summed E-state index contributed by atoms with van der Waals surface area (Å²) >= 11 is 0. The van der Waals surface area contributed by atoms with E-state index in [4.69, 9.17) is 4.98 Å². The van der Waals surface area contributed by atoms with Gasteiger partial charge < -0.3 is 4.40 Å². The van der Waals surface area contributed by atoms with Crippen LogP contribution in [0.15, 0.2) is 54.7 Å². The van der Waals surface area contributed by atoms with Gasteiger partial charge in [0.25, 0.3) is 0 Å². The van der Waals surface area contributed by atoms with Gasteiger partial charge in [-0.15, -0.1) is 0 Å². The molecule has 19 heavy (non-hydrogen) atoms. The van der Waals surface area contributed by atoms with E-state index in [9.17, 15) is 0 Å². The molecule has 0 aliphatic heterocycles. The summed E-state index contributed by atoms with van der Waals surface area (Å²) in [5.74, 6) is 0. The van der Waals surface area contributed by atoms with E-state index in [1.54, 1.807) is 0 Å². The van der Waals surface area contributed by atoms with Crippen molar-refractivity contribution in [1.82, 2.24) is 9.38 Å². The van der Waals surface area contributed by atoms with Gasteiger partial charge in [0.15, 0.2) is 0 Å². The number of aromatic nitrogens is 2. The lowest BCUT2D eigenvalue weighted by Gasteiger charge is -2.04. The van der Waals surface area contributed by atoms with Crippen LogP contribution in [0.1, 0.15) is 25.5 Å². The Kier molecular flexibility index (Phi) is 3.32. The molecule has 1 aromatic carbocycles. The van der Waals surface area contributed by atoms with Gasteiger partial charge in [-0.1, -0.05) is 49.7 Å². The first-order valence-electron chi connectivity index (χ1n) is 6.91. The molecule has 2 heteroatoms. The summed E-state index contributed by atoms with van der Waals surface area (Å²) in [7, 11) is 0. The Morgan fingerprint density at radius 2 is 1.79 bits per heavy atom. The predicted octanol–water partition coefficient (Wildman–Crippen LogP) is 4.34. The molecule has 0 N–H and O–H groups in total. The van der Waals surface area contributed by atoms with E-state index in [2.05, 4.69) is 53.9 Å². The Balaban J connectivity index is 2.17. The van der Waals surface area contributed by atoms with Crippen LogP contribution in [-0.4, -0.2) is 9.38 Å². The molecular formula is C17H18N2. The highest BCUT2D eigenvalue weighted by Gasteiger charge is 2.12. The molecule has 96 valence electrons. The highest BCUT2D eigenvalue weighted by molar-refractivity contribution is 5.66. The molecule has 0 spiro atoms. The maximum absolute atomic E-state index is 4.80.